The van der Waals surface area contributed by atoms with Gasteiger partial charge in [-0.25, -0.2) is 0 Å². The van der Waals surface area contributed by atoms with Gasteiger partial charge < -0.3 is 15.0 Å². The van der Waals surface area contributed by atoms with Gasteiger partial charge in [0.1, 0.15) is 0 Å². The minimum Gasteiger partial charge on any atom is -0.378 e. The highest BCUT2D eigenvalue weighted by molar-refractivity contribution is 5.87. The fraction of sp³-hybridized carbons (Fsp3) is 0.700. The van der Waals surface area contributed by atoms with Crippen molar-refractivity contribution in [1.82, 2.24) is 10.2 Å². The maximum atomic E-state index is 10.9. The van der Waals surface area contributed by atoms with E-state index in [1.807, 2.05) is 21.0 Å². The Hall–Kier alpha value is -0.870. The van der Waals surface area contributed by atoms with Crippen LogP contribution < -0.4 is 5.32 Å². The van der Waals surface area contributed by atoms with Crippen LogP contribution in [0, 0.1) is 0 Å². The zero-order chi connectivity index (χ0) is 10.8. The first-order valence-corrected chi connectivity index (χ1v) is 4.80. The van der Waals surface area contributed by atoms with Crippen molar-refractivity contribution in [3.05, 3.63) is 12.2 Å². The van der Waals surface area contributed by atoms with Crippen LogP contribution in [-0.2, 0) is 9.53 Å². The Balaban J connectivity index is 3.17. The SMILES string of the molecule is C/C=C/C(=O)NCCOCCN(C)C. The molecule has 82 valence electrons. The molecule has 0 aromatic heterocycles. The molecule has 14 heavy (non-hydrogen) atoms. The van der Waals surface area contributed by atoms with E-state index in [4.69, 9.17) is 4.74 Å². The predicted octanol–water partition coefficient (Wildman–Crippen LogP) is 0.257. The summed E-state index contributed by atoms with van der Waals surface area (Å²) < 4.78 is 5.29. The molecular weight excluding hydrogens is 180 g/mol. The summed E-state index contributed by atoms with van der Waals surface area (Å²) in [4.78, 5) is 13.0. The molecule has 0 bridgehead atoms. The van der Waals surface area contributed by atoms with Gasteiger partial charge in [0.2, 0.25) is 5.91 Å². The smallest absolute Gasteiger partial charge is 0.243 e. The Labute approximate surface area is 85.9 Å². The van der Waals surface area contributed by atoms with E-state index in [0.717, 1.165) is 6.54 Å². The van der Waals surface area contributed by atoms with Crippen LogP contribution >= 0.6 is 0 Å². The van der Waals surface area contributed by atoms with Crippen LogP contribution in [0.4, 0.5) is 0 Å². The standard InChI is InChI=1S/C10H20N2O2/c1-4-5-10(13)11-6-8-14-9-7-12(2)3/h4-5H,6-9H2,1-3H3,(H,11,13)/b5-4+. The van der Waals surface area contributed by atoms with E-state index >= 15 is 0 Å². The molecule has 4 nitrogen and oxygen atoms in total. The van der Waals surface area contributed by atoms with E-state index in [-0.39, 0.29) is 5.91 Å². The molecule has 4 heteroatoms. The molecule has 0 spiro atoms. The van der Waals surface area contributed by atoms with Crippen molar-refractivity contribution in [2.75, 3.05) is 40.4 Å². The summed E-state index contributed by atoms with van der Waals surface area (Å²) in [6.07, 6.45) is 3.21. The summed E-state index contributed by atoms with van der Waals surface area (Å²) in [5, 5.41) is 2.71. The van der Waals surface area contributed by atoms with E-state index in [1.165, 1.54) is 6.08 Å². The van der Waals surface area contributed by atoms with Gasteiger partial charge in [-0.1, -0.05) is 6.08 Å². The van der Waals surface area contributed by atoms with Crippen molar-refractivity contribution in [3.63, 3.8) is 0 Å². The molecular formula is C10H20N2O2. The average molecular weight is 200 g/mol. The number of allylic oxidation sites excluding steroid dienone is 1. The average Bonchev–Trinajstić information content (AvgIpc) is 2.11. The summed E-state index contributed by atoms with van der Waals surface area (Å²) in [6, 6.07) is 0. The Morgan fingerprint density at radius 1 is 1.43 bits per heavy atom. The van der Waals surface area contributed by atoms with Crippen molar-refractivity contribution in [3.8, 4) is 0 Å². The third kappa shape index (κ3) is 9.22. The Morgan fingerprint density at radius 3 is 2.71 bits per heavy atom. The van der Waals surface area contributed by atoms with Crippen LogP contribution in [0.25, 0.3) is 0 Å². The first kappa shape index (κ1) is 13.1. The van der Waals surface area contributed by atoms with Gasteiger partial charge in [-0.3, -0.25) is 4.79 Å². The lowest BCUT2D eigenvalue weighted by Gasteiger charge is -2.09. The molecule has 0 saturated heterocycles. The number of nitrogens with zero attached hydrogens (tertiary/aromatic N) is 1. The Kier molecular flexibility index (Phi) is 8.17. The monoisotopic (exact) mass is 200 g/mol. The van der Waals surface area contributed by atoms with E-state index < -0.39 is 0 Å². The van der Waals surface area contributed by atoms with E-state index in [9.17, 15) is 4.79 Å². The molecule has 0 heterocycles. The van der Waals surface area contributed by atoms with Gasteiger partial charge in [-0.15, -0.1) is 0 Å². The highest BCUT2D eigenvalue weighted by atomic mass is 16.5. The zero-order valence-electron chi connectivity index (χ0n) is 9.25. The summed E-state index contributed by atoms with van der Waals surface area (Å²) in [6.45, 7) is 4.55. The van der Waals surface area contributed by atoms with Crippen molar-refractivity contribution in [1.29, 1.82) is 0 Å². The van der Waals surface area contributed by atoms with Gasteiger partial charge in [0, 0.05) is 13.1 Å². The minimum atomic E-state index is -0.0660. The van der Waals surface area contributed by atoms with E-state index in [1.54, 1.807) is 6.08 Å². The highest BCUT2D eigenvalue weighted by Crippen LogP contribution is 1.78. The molecule has 0 aromatic carbocycles. The number of hydrogen-bond donors (Lipinski definition) is 1. The maximum Gasteiger partial charge on any atom is 0.243 e. The molecule has 0 unspecified atom stereocenters. The van der Waals surface area contributed by atoms with E-state index in [2.05, 4.69) is 10.2 Å². The topological polar surface area (TPSA) is 41.6 Å². The lowest BCUT2D eigenvalue weighted by atomic mass is 10.5. The van der Waals surface area contributed by atoms with Gasteiger partial charge >= 0.3 is 0 Å². The quantitative estimate of drug-likeness (QED) is 0.473. The molecule has 0 fully saturated rings. The third-order valence-corrected chi connectivity index (χ3v) is 1.55. The van der Waals surface area contributed by atoms with Crippen LogP contribution in [-0.4, -0.2) is 51.2 Å². The van der Waals surface area contributed by atoms with Gasteiger partial charge in [0.15, 0.2) is 0 Å². The van der Waals surface area contributed by atoms with Gasteiger partial charge in [0.05, 0.1) is 13.2 Å². The molecule has 0 rings (SSSR count). The largest absolute Gasteiger partial charge is 0.378 e. The molecule has 1 amide bonds. The normalized spacial score (nSPS) is 11.1. The van der Waals surface area contributed by atoms with Crippen LogP contribution in [0.2, 0.25) is 0 Å². The zero-order valence-corrected chi connectivity index (χ0v) is 9.25. The predicted molar refractivity (Wildman–Crippen MR) is 57.2 cm³/mol. The molecule has 0 aliphatic heterocycles. The molecule has 0 atom stereocenters. The molecule has 0 radical (unpaired) electrons. The first-order valence-electron chi connectivity index (χ1n) is 4.80. The lowest BCUT2D eigenvalue weighted by molar-refractivity contribution is -0.116. The molecule has 0 saturated carbocycles. The third-order valence-electron chi connectivity index (χ3n) is 1.55. The van der Waals surface area contributed by atoms with Gasteiger partial charge in [-0.05, 0) is 27.1 Å². The van der Waals surface area contributed by atoms with Gasteiger partial charge in [0.25, 0.3) is 0 Å². The molecule has 0 aliphatic carbocycles. The molecule has 0 aromatic rings. The second-order valence-corrected chi connectivity index (χ2v) is 3.21. The number of likely N-dealkylation sites (N-methyl/N-ethyl adjacent to an activating group) is 1. The molecule has 1 N–H and O–H groups in total. The second kappa shape index (κ2) is 8.72. The van der Waals surface area contributed by atoms with Crippen LogP contribution in [0.1, 0.15) is 6.92 Å². The van der Waals surface area contributed by atoms with Crippen molar-refractivity contribution >= 4 is 5.91 Å². The summed E-state index contributed by atoms with van der Waals surface area (Å²) in [5.74, 6) is -0.0660. The Morgan fingerprint density at radius 2 is 2.14 bits per heavy atom. The number of hydrogen-bond acceptors (Lipinski definition) is 3. The van der Waals surface area contributed by atoms with Crippen LogP contribution in [0.3, 0.4) is 0 Å². The van der Waals surface area contributed by atoms with Crippen molar-refractivity contribution < 1.29 is 9.53 Å². The fourth-order valence-corrected chi connectivity index (χ4v) is 0.806. The van der Waals surface area contributed by atoms with E-state index in [0.29, 0.717) is 19.8 Å². The number of nitrogens with one attached hydrogen (secondary N) is 1. The van der Waals surface area contributed by atoms with Crippen LogP contribution in [0.5, 0.6) is 0 Å². The van der Waals surface area contributed by atoms with Crippen LogP contribution in [0.15, 0.2) is 12.2 Å². The van der Waals surface area contributed by atoms with Crippen molar-refractivity contribution in [2.24, 2.45) is 0 Å². The van der Waals surface area contributed by atoms with Crippen molar-refractivity contribution in [2.45, 2.75) is 6.92 Å². The second-order valence-electron chi connectivity index (χ2n) is 3.21. The number of amides is 1. The first-order chi connectivity index (χ1) is 6.66. The summed E-state index contributed by atoms with van der Waals surface area (Å²) >= 11 is 0. The lowest BCUT2D eigenvalue weighted by Crippen LogP contribution is -2.26. The molecule has 0 aliphatic rings. The van der Waals surface area contributed by atoms with Gasteiger partial charge in [-0.2, -0.15) is 0 Å². The number of carbonyl (C=O) groups is 1. The number of ether oxygens (including phenoxy) is 1. The fourth-order valence-electron chi connectivity index (χ4n) is 0.806. The Bertz CT molecular complexity index is 179. The minimum absolute atomic E-state index is 0.0660. The summed E-state index contributed by atoms with van der Waals surface area (Å²) in [7, 11) is 3.99. The highest BCUT2D eigenvalue weighted by Gasteiger charge is 1.93. The summed E-state index contributed by atoms with van der Waals surface area (Å²) in [5.41, 5.74) is 0. The number of rotatable bonds is 7. The number of carbonyl (C=O) groups excluding carboxylic acids is 1. The maximum absolute atomic E-state index is 10.9.